The van der Waals surface area contributed by atoms with Gasteiger partial charge in [0.15, 0.2) is 6.10 Å². The lowest BCUT2D eigenvalue weighted by Gasteiger charge is -2.21. The van der Waals surface area contributed by atoms with E-state index in [1.165, 1.54) is 11.1 Å². The van der Waals surface area contributed by atoms with E-state index >= 15 is 0 Å². The van der Waals surface area contributed by atoms with Gasteiger partial charge in [-0.15, -0.1) is 0 Å². The van der Waals surface area contributed by atoms with Crippen LogP contribution in [0.25, 0.3) is 5.69 Å². The molecule has 1 aromatic heterocycles. The highest BCUT2D eigenvalue weighted by Crippen LogP contribution is 2.17. The summed E-state index contributed by atoms with van der Waals surface area (Å²) < 4.78 is 7.05. The summed E-state index contributed by atoms with van der Waals surface area (Å²) in [5.41, 5.74) is 2.57. The van der Waals surface area contributed by atoms with Crippen molar-refractivity contribution in [2.45, 2.75) is 20.0 Å². The number of esters is 1. The zero-order valence-corrected chi connectivity index (χ0v) is 15.5. The fraction of sp³-hybridized carbons (Fsp3) is 0.190. The van der Waals surface area contributed by atoms with Crippen molar-refractivity contribution < 1.29 is 14.3 Å². The molecule has 0 saturated carbocycles. The number of carbonyl (C=O) groups excluding carboxylic acids is 2. The number of para-hydroxylation sites is 2. The molecule has 3 aromatic rings. The number of nitrogens with zero attached hydrogens (tertiary/aromatic N) is 3. The Hall–Kier alpha value is -3.41. The SMILES string of the molecule is Cc1c(C(=O)OC(C)C(=O)N(C)c2ccccc2)cnn1-c1ccccc1. The van der Waals surface area contributed by atoms with E-state index in [4.69, 9.17) is 4.74 Å². The Balaban J connectivity index is 1.72. The summed E-state index contributed by atoms with van der Waals surface area (Å²) in [6.07, 6.45) is 0.546. The Labute approximate surface area is 158 Å². The maximum absolute atomic E-state index is 12.5. The van der Waals surface area contributed by atoms with Gasteiger partial charge in [0, 0.05) is 12.7 Å². The minimum atomic E-state index is -0.915. The van der Waals surface area contributed by atoms with Crippen LogP contribution in [0.3, 0.4) is 0 Å². The molecule has 1 unspecified atom stereocenters. The molecule has 1 amide bonds. The first-order chi connectivity index (χ1) is 13.0. The number of benzene rings is 2. The molecule has 0 bridgehead atoms. The minimum Gasteiger partial charge on any atom is -0.449 e. The molecule has 138 valence electrons. The maximum Gasteiger partial charge on any atom is 0.342 e. The molecule has 6 nitrogen and oxygen atoms in total. The van der Waals surface area contributed by atoms with Crippen LogP contribution >= 0.6 is 0 Å². The molecule has 3 rings (SSSR count). The van der Waals surface area contributed by atoms with Crippen LogP contribution in [-0.2, 0) is 9.53 Å². The van der Waals surface area contributed by atoms with E-state index in [0.29, 0.717) is 11.3 Å². The summed E-state index contributed by atoms with van der Waals surface area (Å²) in [5, 5.41) is 4.26. The lowest BCUT2D eigenvalue weighted by Crippen LogP contribution is -2.37. The summed E-state index contributed by atoms with van der Waals surface area (Å²) >= 11 is 0. The Morgan fingerprint density at radius 3 is 2.26 bits per heavy atom. The Bertz CT molecular complexity index is 936. The van der Waals surface area contributed by atoms with Gasteiger partial charge in [-0.3, -0.25) is 4.79 Å². The molecule has 0 fully saturated rings. The monoisotopic (exact) mass is 363 g/mol. The third-order valence-corrected chi connectivity index (χ3v) is 4.34. The number of hydrogen-bond donors (Lipinski definition) is 0. The van der Waals surface area contributed by atoms with Gasteiger partial charge < -0.3 is 9.64 Å². The summed E-state index contributed by atoms with van der Waals surface area (Å²) in [6.45, 7) is 3.36. The van der Waals surface area contributed by atoms with Crippen LogP contribution in [0.2, 0.25) is 0 Å². The van der Waals surface area contributed by atoms with E-state index in [9.17, 15) is 9.59 Å². The fourth-order valence-corrected chi connectivity index (χ4v) is 2.77. The van der Waals surface area contributed by atoms with Crippen molar-refractivity contribution >= 4 is 17.6 Å². The van der Waals surface area contributed by atoms with Crippen LogP contribution in [0.4, 0.5) is 5.69 Å². The molecule has 0 spiro atoms. The van der Waals surface area contributed by atoms with Crippen molar-refractivity contribution in [1.29, 1.82) is 0 Å². The fourth-order valence-electron chi connectivity index (χ4n) is 2.77. The smallest absolute Gasteiger partial charge is 0.342 e. The van der Waals surface area contributed by atoms with Crippen LogP contribution < -0.4 is 4.90 Å². The summed E-state index contributed by atoms with van der Waals surface area (Å²) in [7, 11) is 1.65. The lowest BCUT2D eigenvalue weighted by atomic mass is 10.2. The second kappa shape index (κ2) is 7.86. The van der Waals surface area contributed by atoms with Gasteiger partial charge in [-0.1, -0.05) is 36.4 Å². The molecule has 2 aromatic carbocycles. The first kappa shape index (κ1) is 18.4. The van der Waals surface area contributed by atoms with Crippen LogP contribution in [0.15, 0.2) is 66.9 Å². The van der Waals surface area contributed by atoms with Crippen molar-refractivity contribution in [3.8, 4) is 5.69 Å². The van der Waals surface area contributed by atoms with Gasteiger partial charge in [-0.2, -0.15) is 5.10 Å². The standard InChI is InChI=1S/C21H21N3O3/c1-15-19(14-22-24(15)18-12-8-5-9-13-18)21(26)27-16(2)20(25)23(3)17-10-6-4-7-11-17/h4-14,16H,1-3H3. The van der Waals surface area contributed by atoms with Crippen molar-refractivity contribution in [2.24, 2.45) is 0 Å². The van der Waals surface area contributed by atoms with Gasteiger partial charge in [0.05, 0.1) is 17.6 Å². The number of hydrogen-bond acceptors (Lipinski definition) is 4. The van der Waals surface area contributed by atoms with Gasteiger partial charge in [0.2, 0.25) is 0 Å². The number of ether oxygens (including phenoxy) is 1. The van der Waals surface area contributed by atoms with Crippen molar-refractivity contribution in [2.75, 3.05) is 11.9 Å². The van der Waals surface area contributed by atoms with Crippen LogP contribution in [0.5, 0.6) is 0 Å². The zero-order chi connectivity index (χ0) is 19.4. The molecule has 1 heterocycles. The van der Waals surface area contributed by atoms with E-state index in [0.717, 1.165) is 11.4 Å². The molecular weight excluding hydrogens is 342 g/mol. The first-order valence-electron chi connectivity index (χ1n) is 8.62. The molecule has 0 radical (unpaired) electrons. The molecule has 0 aliphatic heterocycles. The third-order valence-electron chi connectivity index (χ3n) is 4.34. The third kappa shape index (κ3) is 3.89. The van der Waals surface area contributed by atoms with Gasteiger partial charge in [0.1, 0.15) is 5.56 Å². The Kier molecular flexibility index (Phi) is 5.35. The van der Waals surface area contributed by atoms with Gasteiger partial charge in [-0.25, -0.2) is 9.48 Å². The van der Waals surface area contributed by atoms with E-state index in [2.05, 4.69) is 5.10 Å². The molecule has 0 aliphatic carbocycles. The maximum atomic E-state index is 12.5. The minimum absolute atomic E-state index is 0.303. The number of likely N-dealkylation sites (N-methyl/N-ethyl adjacent to an activating group) is 1. The Morgan fingerprint density at radius 1 is 1.04 bits per heavy atom. The van der Waals surface area contributed by atoms with Crippen LogP contribution in [0.1, 0.15) is 23.0 Å². The van der Waals surface area contributed by atoms with Crippen LogP contribution in [0, 0.1) is 6.92 Å². The topological polar surface area (TPSA) is 64.4 Å². The first-order valence-corrected chi connectivity index (χ1v) is 8.62. The Morgan fingerprint density at radius 2 is 1.63 bits per heavy atom. The van der Waals surface area contributed by atoms with Gasteiger partial charge in [-0.05, 0) is 38.1 Å². The predicted molar refractivity (Wildman–Crippen MR) is 103 cm³/mol. The highest BCUT2D eigenvalue weighted by atomic mass is 16.5. The normalized spacial score (nSPS) is 11.7. The van der Waals surface area contributed by atoms with Crippen molar-refractivity contribution in [3.63, 3.8) is 0 Å². The molecule has 27 heavy (non-hydrogen) atoms. The quantitative estimate of drug-likeness (QED) is 0.652. The second-order valence-corrected chi connectivity index (χ2v) is 6.17. The number of anilines is 1. The van der Waals surface area contributed by atoms with Crippen LogP contribution in [-0.4, -0.2) is 34.8 Å². The lowest BCUT2D eigenvalue weighted by molar-refractivity contribution is -0.126. The summed E-state index contributed by atoms with van der Waals surface area (Å²) in [5.74, 6) is -0.875. The van der Waals surface area contributed by atoms with E-state index < -0.39 is 12.1 Å². The van der Waals surface area contributed by atoms with Crippen molar-refractivity contribution in [1.82, 2.24) is 9.78 Å². The number of amides is 1. The largest absolute Gasteiger partial charge is 0.449 e. The zero-order valence-electron chi connectivity index (χ0n) is 15.5. The number of carbonyl (C=O) groups is 2. The molecular formula is C21H21N3O3. The van der Waals surface area contributed by atoms with Crippen molar-refractivity contribution in [3.05, 3.63) is 78.1 Å². The summed E-state index contributed by atoms with van der Waals surface area (Å²) in [4.78, 5) is 26.6. The second-order valence-electron chi connectivity index (χ2n) is 6.17. The average molecular weight is 363 g/mol. The summed E-state index contributed by atoms with van der Waals surface area (Å²) in [6, 6.07) is 18.7. The van der Waals surface area contributed by atoms with E-state index in [1.54, 1.807) is 25.6 Å². The highest BCUT2D eigenvalue weighted by molar-refractivity contribution is 5.98. The molecule has 0 aliphatic rings. The molecule has 1 atom stereocenters. The van der Waals surface area contributed by atoms with Gasteiger partial charge >= 0.3 is 5.97 Å². The van der Waals surface area contributed by atoms with Gasteiger partial charge in [0.25, 0.3) is 5.91 Å². The molecule has 0 saturated heterocycles. The number of rotatable bonds is 5. The predicted octanol–water partition coefficient (Wildman–Crippen LogP) is 3.39. The molecule has 0 N–H and O–H groups in total. The highest BCUT2D eigenvalue weighted by Gasteiger charge is 2.25. The molecule has 6 heteroatoms. The number of aromatic nitrogens is 2. The van der Waals surface area contributed by atoms with E-state index in [-0.39, 0.29) is 5.91 Å². The average Bonchev–Trinajstić information content (AvgIpc) is 3.09. The van der Waals surface area contributed by atoms with E-state index in [1.807, 2.05) is 60.7 Å².